The number of carbonyl (C=O) groups is 2. The molecule has 8 heteroatoms. The fourth-order valence-corrected chi connectivity index (χ4v) is 2.62. The summed E-state index contributed by atoms with van der Waals surface area (Å²) in [5, 5.41) is 3.08. The average Bonchev–Trinajstić information content (AvgIpc) is 2.61. The number of hydrogen-bond donors (Lipinski definition) is 2. The van der Waals surface area contributed by atoms with Crippen LogP contribution < -0.4 is 16.0 Å². The molecule has 0 unspecified atom stereocenters. The van der Waals surface area contributed by atoms with Gasteiger partial charge in [-0.3, -0.25) is 4.79 Å². The van der Waals surface area contributed by atoms with Gasteiger partial charge in [0.2, 0.25) is 0 Å². The molecule has 0 heterocycles. The fourth-order valence-electron chi connectivity index (χ4n) is 2.13. The maximum atomic E-state index is 12.0. The van der Waals surface area contributed by atoms with E-state index in [2.05, 4.69) is 5.32 Å². The van der Waals surface area contributed by atoms with Crippen LogP contribution in [0.3, 0.4) is 0 Å². The van der Waals surface area contributed by atoms with Crippen molar-refractivity contribution in [1.82, 2.24) is 5.32 Å². The number of esters is 1. The number of ether oxygens (including phenoxy) is 1. The molecule has 0 radical (unpaired) electrons. The van der Waals surface area contributed by atoms with Crippen LogP contribution in [-0.2, 0) is 16.1 Å². The molecule has 0 bridgehead atoms. The van der Waals surface area contributed by atoms with Crippen molar-refractivity contribution < 1.29 is 14.3 Å². The first kappa shape index (κ1) is 19.9. The van der Waals surface area contributed by atoms with Crippen LogP contribution >= 0.6 is 23.2 Å². The quantitative estimate of drug-likeness (QED) is 0.579. The van der Waals surface area contributed by atoms with Crippen molar-refractivity contribution in [2.75, 3.05) is 31.3 Å². The van der Waals surface area contributed by atoms with Gasteiger partial charge in [-0.2, -0.15) is 0 Å². The first-order chi connectivity index (χ1) is 12.3. The number of benzene rings is 2. The summed E-state index contributed by atoms with van der Waals surface area (Å²) in [6, 6.07) is 10.5. The van der Waals surface area contributed by atoms with E-state index in [0.717, 1.165) is 11.3 Å². The summed E-state index contributed by atoms with van der Waals surface area (Å²) in [4.78, 5) is 25.9. The van der Waals surface area contributed by atoms with E-state index in [1.807, 2.05) is 43.3 Å². The van der Waals surface area contributed by atoms with Gasteiger partial charge in [-0.05, 0) is 29.8 Å². The van der Waals surface area contributed by atoms with Crippen molar-refractivity contribution in [2.45, 2.75) is 6.54 Å². The molecular formula is C18H19Cl2N3O3. The van der Waals surface area contributed by atoms with Crippen molar-refractivity contribution in [3.8, 4) is 0 Å². The highest BCUT2D eigenvalue weighted by Crippen LogP contribution is 2.28. The van der Waals surface area contributed by atoms with Crippen molar-refractivity contribution >= 4 is 46.5 Å². The summed E-state index contributed by atoms with van der Waals surface area (Å²) in [5.74, 6) is -1.20. The molecule has 0 fully saturated rings. The minimum absolute atomic E-state index is 0.0228. The van der Waals surface area contributed by atoms with Gasteiger partial charge in [0.15, 0.2) is 6.61 Å². The van der Waals surface area contributed by atoms with E-state index in [9.17, 15) is 9.59 Å². The topological polar surface area (TPSA) is 84.7 Å². The molecule has 0 aliphatic heterocycles. The molecular weight excluding hydrogens is 377 g/mol. The van der Waals surface area contributed by atoms with Crippen molar-refractivity contribution in [1.29, 1.82) is 0 Å². The molecule has 138 valence electrons. The highest BCUT2D eigenvalue weighted by atomic mass is 35.5. The molecule has 2 aromatic carbocycles. The van der Waals surface area contributed by atoms with Crippen molar-refractivity contribution in [3.63, 3.8) is 0 Å². The third-order valence-corrected chi connectivity index (χ3v) is 4.12. The van der Waals surface area contributed by atoms with E-state index in [-0.39, 0.29) is 21.3 Å². The van der Waals surface area contributed by atoms with E-state index in [4.69, 9.17) is 33.7 Å². The Morgan fingerprint density at radius 3 is 2.42 bits per heavy atom. The molecule has 0 aromatic heterocycles. The van der Waals surface area contributed by atoms with Gasteiger partial charge in [0.25, 0.3) is 5.91 Å². The second-order valence-electron chi connectivity index (χ2n) is 5.76. The number of halogens is 2. The van der Waals surface area contributed by atoms with E-state index < -0.39 is 18.5 Å². The van der Waals surface area contributed by atoms with Crippen LogP contribution in [-0.4, -0.2) is 32.6 Å². The first-order valence-corrected chi connectivity index (χ1v) is 8.48. The summed E-state index contributed by atoms with van der Waals surface area (Å²) in [5.41, 5.74) is 7.81. The van der Waals surface area contributed by atoms with E-state index in [0.29, 0.717) is 6.54 Å². The lowest BCUT2D eigenvalue weighted by Crippen LogP contribution is -2.28. The standard InChI is InChI=1S/C18H19Cl2N3O3/c1-23(2)13-5-3-11(4-6-13)9-22-16(24)10-26-18(25)14-7-12(19)8-15(20)17(14)21/h3-8H,9-10,21H2,1-2H3,(H,22,24). The van der Waals surface area contributed by atoms with Crippen molar-refractivity contribution in [2.24, 2.45) is 0 Å². The maximum absolute atomic E-state index is 12.0. The molecule has 6 nitrogen and oxygen atoms in total. The Bertz CT molecular complexity index is 808. The largest absolute Gasteiger partial charge is 0.452 e. The minimum atomic E-state index is -0.766. The second kappa shape index (κ2) is 8.78. The Hall–Kier alpha value is -2.44. The summed E-state index contributed by atoms with van der Waals surface area (Å²) >= 11 is 11.7. The molecule has 26 heavy (non-hydrogen) atoms. The Kier molecular flexibility index (Phi) is 6.71. The molecule has 0 aliphatic carbocycles. The number of carbonyl (C=O) groups excluding carboxylic acids is 2. The monoisotopic (exact) mass is 395 g/mol. The van der Waals surface area contributed by atoms with E-state index in [1.165, 1.54) is 12.1 Å². The molecule has 0 spiro atoms. The second-order valence-corrected chi connectivity index (χ2v) is 6.61. The lowest BCUT2D eigenvalue weighted by molar-refractivity contribution is -0.124. The smallest absolute Gasteiger partial charge is 0.340 e. The number of nitrogens with two attached hydrogens (primary N) is 1. The van der Waals surface area contributed by atoms with Crippen LogP contribution in [0.4, 0.5) is 11.4 Å². The van der Waals surface area contributed by atoms with Gasteiger partial charge < -0.3 is 20.7 Å². The number of nitrogens with zero attached hydrogens (tertiary/aromatic N) is 1. The highest BCUT2D eigenvalue weighted by molar-refractivity contribution is 6.37. The molecule has 0 aliphatic rings. The number of nitrogen functional groups attached to an aromatic ring is 1. The Labute approximate surface area is 161 Å². The van der Waals surface area contributed by atoms with Crippen LogP contribution in [0.15, 0.2) is 36.4 Å². The van der Waals surface area contributed by atoms with Crippen LogP contribution in [0.25, 0.3) is 0 Å². The SMILES string of the molecule is CN(C)c1ccc(CNC(=O)COC(=O)c2cc(Cl)cc(Cl)c2N)cc1. The minimum Gasteiger partial charge on any atom is -0.452 e. The Morgan fingerprint density at radius 2 is 1.81 bits per heavy atom. The molecule has 1 amide bonds. The molecule has 0 atom stereocenters. The summed E-state index contributed by atoms with van der Waals surface area (Å²) in [7, 11) is 3.90. The lowest BCUT2D eigenvalue weighted by Gasteiger charge is -2.13. The molecule has 0 saturated heterocycles. The average molecular weight is 396 g/mol. The number of hydrogen-bond acceptors (Lipinski definition) is 5. The van der Waals surface area contributed by atoms with Crippen LogP contribution in [0.1, 0.15) is 15.9 Å². The van der Waals surface area contributed by atoms with E-state index >= 15 is 0 Å². The third kappa shape index (κ3) is 5.28. The number of amides is 1. The van der Waals surface area contributed by atoms with Crippen molar-refractivity contribution in [3.05, 3.63) is 57.6 Å². The molecule has 3 N–H and O–H groups in total. The fraction of sp³-hybridized carbons (Fsp3) is 0.222. The maximum Gasteiger partial charge on any atom is 0.340 e. The predicted molar refractivity (Wildman–Crippen MR) is 104 cm³/mol. The van der Waals surface area contributed by atoms with Gasteiger partial charge in [0.05, 0.1) is 16.3 Å². The zero-order valence-corrected chi connectivity index (χ0v) is 15.9. The predicted octanol–water partition coefficient (Wildman–Crippen LogP) is 3.11. The number of anilines is 2. The van der Waals surface area contributed by atoms with Gasteiger partial charge in [-0.1, -0.05) is 35.3 Å². The molecule has 2 rings (SSSR count). The van der Waals surface area contributed by atoms with Gasteiger partial charge in [0, 0.05) is 31.4 Å². The molecule has 2 aromatic rings. The van der Waals surface area contributed by atoms with Gasteiger partial charge in [-0.25, -0.2) is 4.79 Å². The van der Waals surface area contributed by atoms with E-state index in [1.54, 1.807) is 0 Å². The Morgan fingerprint density at radius 1 is 1.15 bits per heavy atom. The van der Waals surface area contributed by atoms with Gasteiger partial charge in [-0.15, -0.1) is 0 Å². The van der Waals surface area contributed by atoms with Crippen LogP contribution in [0, 0.1) is 0 Å². The normalized spacial score (nSPS) is 10.3. The lowest BCUT2D eigenvalue weighted by atomic mass is 10.2. The van der Waals surface area contributed by atoms with Gasteiger partial charge >= 0.3 is 5.97 Å². The third-order valence-electron chi connectivity index (χ3n) is 3.59. The van der Waals surface area contributed by atoms with Crippen LogP contribution in [0.5, 0.6) is 0 Å². The number of rotatable bonds is 6. The first-order valence-electron chi connectivity index (χ1n) is 7.72. The van der Waals surface area contributed by atoms with Crippen LogP contribution in [0.2, 0.25) is 10.0 Å². The summed E-state index contributed by atoms with van der Waals surface area (Å²) < 4.78 is 4.96. The summed E-state index contributed by atoms with van der Waals surface area (Å²) in [6.07, 6.45) is 0. The number of nitrogens with one attached hydrogen (secondary N) is 1. The zero-order valence-electron chi connectivity index (χ0n) is 14.4. The van der Waals surface area contributed by atoms with Gasteiger partial charge in [0.1, 0.15) is 0 Å². The summed E-state index contributed by atoms with van der Waals surface area (Å²) in [6.45, 7) is -0.104. The Balaban J connectivity index is 1.86. The zero-order chi connectivity index (χ0) is 19.3. The molecule has 0 saturated carbocycles. The highest BCUT2D eigenvalue weighted by Gasteiger charge is 2.16.